The van der Waals surface area contributed by atoms with Gasteiger partial charge in [-0.1, -0.05) is 70.4 Å². The fourth-order valence-electron chi connectivity index (χ4n) is 2.82. The minimum absolute atomic E-state index is 0.257. The van der Waals surface area contributed by atoms with E-state index in [9.17, 15) is 4.79 Å². The number of epoxide rings is 1. The topological polar surface area (TPSA) is 49.8 Å². The predicted octanol–water partition coefficient (Wildman–Crippen LogP) is 5.49. The molecule has 1 aliphatic heterocycles. The average Bonchev–Trinajstić information content (AvgIpc) is 3.23. The van der Waals surface area contributed by atoms with E-state index in [1.165, 1.54) is 57.8 Å². The molecular formula is C19H34O3. The molecule has 2 unspecified atom stereocenters. The summed E-state index contributed by atoms with van der Waals surface area (Å²) in [5.74, 6) is -0.710. The molecule has 1 saturated heterocycles. The van der Waals surface area contributed by atoms with Crippen molar-refractivity contribution in [2.24, 2.45) is 0 Å². The second kappa shape index (κ2) is 12.7. The van der Waals surface area contributed by atoms with Crippen LogP contribution >= 0.6 is 0 Å². The molecule has 0 saturated carbocycles. The lowest BCUT2D eigenvalue weighted by molar-refractivity contribution is -0.137. The van der Waals surface area contributed by atoms with E-state index in [-0.39, 0.29) is 18.6 Å². The molecule has 0 amide bonds. The Morgan fingerprint density at radius 2 is 1.64 bits per heavy atom. The third-order valence-electron chi connectivity index (χ3n) is 4.30. The first-order chi connectivity index (χ1) is 10.7. The van der Waals surface area contributed by atoms with Crippen LogP contribution in [0.5, 0.6) is 0 Å². The van der Waals surface area contributed by atoms with Gasteiger partial charge in [-0.3, -0.25) is 4.79 Å². The van der Waals surface area contributed by atoms with Crippen LogP contribution in [0.15, 0.2) is 12.2 Å². The second-order valence-corrected chi connectivity index (χ2v) is 6.47. The van der Waals surface area contributed by atoms with Gasteiger partial charge in [-0.25, -0.2) is 0 Å². The van der Waals surface area contributed by atoms with Crippen molar-refractivity contribution in [3.05, 3.63) is 12.2 Å². The van der Waals surface area contributed by atoms with Gasteiger partial charge in [-0.05, 0) is 25.7 Å². The van der Waals surface area contributed by atoms with Crippen LogP contribution in [-0.4, -0.2) is 23.3 Å². The zero-order chi connectivity index (χ0) is 16.0. The first-order valence-corrected chi connectivity index (χ1v) is 9.28. The lowest BCUT2D eigenvalue weighted by atomic mass is 10.1. The molecule has 0 bridgehead atoms. The molecule has 1 fully saturated rings. The van der Waals surface area contributed by atoms with Gasteiger partial charge in [0.05, 0.1) is 6.10 Å². The Hall–Kier alpha value is -0.830. The third-order valence-corrected chi connectivity index (χ3v) is 4.30. The maximum absolute atomic E-state index is 10.4. The highest BCUT2D eigenvalue weighted by atomic mass is 16.6. The van der Waals surface area contributed by atoms with Crippen LogP contribution in [0.4, 0.5) is 0 Å². The highest BCUT2D eigenvalue weighted by molar-refractivity contribution is 5.66. The van der Waals surface area contributed by atoms with Gasteiger partial charge in [0.1, 0.15) is 6.10 Å². The second-order valence-electron chi connectivity index (χ2n) is 6.47. The quantitative estimate of drug-likeness (QED) is 0.247. The summed E-state index contributed by atoms with van der Waals surface area (Å²) in [6, 6.07) is 0. The summed E-state index contributed by atoms with van der Waals surface area (Å²) in [4.78, 5) is 10.4. The molecule has 3 heteroatoms. The van der Waals surface area contributed by atoms with Crippen LogP contribution in [-0.2, 0) is 9.53 Å². The van der Waals surface area contributed by atoms with E-state index < -0.39 is 5.97 Å². The largest absolute Gasteiger partial charge is 0.481 e. The van der Waals surface area contributed by atoms with E-state index in [0.717, 1.165) is 19.3 Å². The van der Waals surface area contributed by atoms with Gasteiger partial charge < -0.3 is 9.84 Å². The minimum Gasteiger partial charge on any atom is -0.481 e. The lowest BCUT2D eigenvalue weighted by Gasteiger charge is -2.00. The smallest absolute Gasteiger partial charge is 0.303 e. The molecule has 128 valence electrons. The van der Waals surface area contributed by atoms with Crippen LogP contribution < -0.4 is 0 Å². The molecule has 1 aliphatic rings. The van der Waals surface area contributed by atoms with Gasteiger partial charge in [0.25, 0.3) is 0 Å². The van der Waals surface area contributed by atoms with Crippen molar-refractivity contribution in [3.63, 3.8) is 0 Å². The molecule has 2 atom stereocenters. The van der Waals surface area contributed by atoms with Gasteiger partial charge in [-0.15, -0.1) is 0 Å². The van der Waals surface area contributed by atoms with Crippen LogP contribution in [0.25, 0.3) is 0 Å². The Morgan fingerprint density at radius 1 is 1.00 bits per heavy atom. The van der Waals surface area contributed by atoms with Gasteiger partial charge >= 0.3 is 5.97 Å². The maximum Gasteiger partial charge on any atom is 0.303 e. The Morgan fingerprint density at radius 3 is 2.27 bits per heavy atom. The first kappa shape index (κ1) is 19.2. The molecule has 1 rings (SSSR count). The van der Waals surface area contributed by atoms with Crippen LogP contribution in [0, 0.1) is 0 Å². The number of ether oxygens (including phenoxy) is 1. The van der Waals surface area contributed by atoms with Crippen LogP contribution in [0.2, 0.25) is 0 Å². The SMILES string of the molecule is CCCCCCCCCCCC=CC1OC1CCCC(=O)O. The average molecular weight is 310 g/mol. The van der Waals surface area contributed by atoms with Crippen LogP contribution in [0.3, 0.4) is 0 Å². The fourth-order valence-corrected chi connectivity index (χ4v) is 2.82. The van der Waals surface area contributed by atoms with E-state index >= 15 is 0 Å². The van der Waals surface area contributed by atoms with E-state index in [1.54, 1.807) is 0 Å². The number of carboxylic acid groups (broad SMARTS) is 1. The molecule has 0 spiro atoms. The number of allylic oxidation sites excluding steroid dienone is 1. The molecule has 0 aromatic heterocycles. The van der Waals surface area contributed by atoms with E-state index in [1.807, 2.05) is 0 Å². The Kier molecular flexibility index (Phi) is 11.1. The molecule has 3 nitrogen and oxygen atoms in total. The molecule has 0 radical (unpaired) electrons. The Bertz CT molecular complexity index is 312. The summed E-state index contributed by atoms with van der Waals surface area (Å²) in [6.07, 6.45) is 20.3. The number of hydrogen-bond donors (Lipinski definition) is 1. The molecule has 1 N–H and O–H groups in total. The highest BCUT2D eigenvalue weighted by Crippen LogP contribution is 2.28. The standard InChI is InChI=1S/C19H34O3/c1-2-3-4-5-6-7-8-9-10-11-12-14-17-18(22-17)15-13-16-19(20)21/h12,14,17-18H,2-11,13,15-16H2,1H3,(H,20,21). The molecule has 22 heavy (non-hydrogen) atoms. The van der Waals surface area contributed by atoms with E-state index in [2.05, 4.69) is 19.1 Å². The summed E-state index contributed by atoms with van der Waals surface area (Å²) in [5.41, 5.74) is 0. The molecule has 0 aromatic rings. The van der Waals surface area contributed by atoms with Crippen molar-refractivity contribution in [1.82, 2.24) is 0 Å². The maximum atomic E-state index is 10.4. The predicted molar refractivity (Wildman–Crippen MR) is 91.1 cm³/mol. The van der Waals surface area contributed by atoms with E-state index in [0.29, 0.717) is 0 Å². The molecule has 0 aliphatic carbocycles. The third kappa shape index (κ3) is 10.8. The van der Waals surface area contributed by atoms with Gasteiger partial charge in [-0.2, -0.15) is 0 Å². The number of rotatable bonds is 15. The normalized spacial score (nSPS) is 20.6. The summed E-state index contributed by atoms with van der Waals surface area (Å²) in [6.45, 7) is 2.26. The first-order valence-electron chi connectivity index (χ1n) is 9.28. The highest BCUT2D eigenvalue weighted by Gasteiger charge is 2.35. The van der Waals surface area contributed by atoms with Crippen LogP contribution in [0.1, 0.15) is 90.4 Å². The summed E-state index contributed by atoms with van der Waals surface area (Å²) in [5, 5.41) is 8.57. The number of carboxylic acids is 1. The van der Waals surface area contributed by atoms with Gasteiger partial charge in [0.15, 0.2) is 0 Å². The Balaban J connectivity index is 1.80. The minimum atomic E-state index is -0.710. The van der Waals surface area contributed by atoms with E-state index in [4.69, 9.17) is 9.84 Å². The fraction of sp³-hybridized carbons (Fsp3) is 0.842. The lowest BCUT2D eigenvalue weighted by Crippen LogP contribution is -1.97. The Labute approximate surface area is 136 Å². The van der Waals surface area contributed by atoms with Crippen molar-refractivity contribution in [2.75, 3.05) is 0 Å². The monoisotopic (exact) mass is 310 g/mol. The number of hydrogen-bond acceptors (Lipinski definition) is 2. The number of unbranched alkanes of at least 4 members (excludes halogenated alkanes) is 9. The summed E-state index contributed by atoms with van der Waals surface area (Å²) < 4.78 is 5.51. The van der Waals surface area contributed by atoms with Gasteiger partial charge in [0, 0.05) is 6.42 Å². The van der Waals surface area contributed by atoms with Crippen molar-refractivity contribution in [3.8, 4) is 0 Å². The van der Waals surface area contributed by atoms with Crippen molar-refractivity contribution < 1.29 is 14.6 Å². The molecular weight excluding hydrogens is 276 g/mol. The van der Waals surface area contributed by atoms with Gasteiger partial charge in [0.2, 0.25) is 0 Å². The molecule has 1 heterocycles. The zero-order valence-electron chi connectivity index (χ0n) is 14.3. The van der Waals surface area contributed by atoms with Crippen molar-refractivity contribution in [1.29, 1.82) is 0 Å². The summed E-state index contributed by atoms with van der Waals surface area (Å²) in [7, 11) is 0. The number of carbonyl (C=O) groups is 1. The van der Waals surface area contributed by atoms with Crippen molar-refractivity contribution >= 4 is 5.97 Å². The molecule has 0 aromatic carbocycles. The van der Waals surface area contributed by atoms with Crippen molar-refractivity contribution in [2.45, 2.75) is 103 Å². The number of aliphatic carboxylic acids is 1. The zero-order valence-corrected chi connectivity index (χ0v) is 14.3. The summed E-state index contributed by atoms with van der Waals surface area (Å²) >= 11 is 0.